The summed E-state index contributed by atoms with van der Waals surface area (Å²) in [6, 6.07) is 14.5. The number of primary sulfonamides is 1. The van der Waals surface area contributed by atoms with Gasteiger partial charge in [0.2, 0.25) is 10.0 Å². The average molecular weight is 406 g/mol. The van der Waals surface area contributed by atoms with Gasteiger partial charge in [0, 0.05) is 18.7 Å². The number of hydrogen-bond donors (Lipinski definition) is 3. The van der Waals surface area contributed by atoms with Crippen LogP contribution in [0.1, 0.15) is 19.4 Å². The van der Waals surface area contributed by atoms with Crippen molar-refractivity contribution in [3.05, 3.63) is 54.1 Å². The first-order valence-corrected chi connectivity index (χ1v) is 10.9. The van der Waals surface area contributed by atoms with Crippen molar-refractivity contribution in [2.24, 2.45) is 5.14 Å². The van der Waals surface area contributed by atoms with Crippen LogP contribution in [-0.2, 0) is 21.4 Å². The number of benzene rings is 2. The van der Waals surface area contributed by atoms with E-state index >= 15 is 0 Å². The molecule has 1 atom stereocenters. The molecule has 0 radical (unpaired) electrons. The number of anilines is 2. The lowest BCUT2D eigenvalue weighted by Gasteiger charge is -2.25. The van der Waals surface area contributed by atoms with Crippen molar-refractivity contribution in [1.82, 2.24) is 0 Å². The molecule has 0 saturated heterocycles. The summed E-state index contributed by atoms with van der Waals surface area (Å²) in [5.41, 5.74) is 2.37. The van der Waals surface area contributed by atoms with Gasteiger partial charge in [-0.2, -0.15) is 0 Å². The van der Waals surface area contributed by atoms with Gasteiger partial charge in [0.25, 0.3) is 5.91 Å². The van der Waals surface area contributed by atoms with Crippen molar-refractivity contribution >= 4 is 27.3 Å². The zero-order valence-corrected chi connectivity index (χ0v) is 17.4. The molecule has 0 aliphatic heterocycles. The van der Waals surface area contributed by atoms with E-state index in [0.717, 1.165) is 29.2 Å². The largest absolute Gasteiger partial charge is 0.370 e. The van der Waals surface area contributed by atoms with Crippen LogP contribution >= 0.6 is 0 Å². The molecule has 0 saturated carbocycles. The highest BCUT2D eigenvalue weighted by atomic mass is 32.2. The molecule has 0 fully saturated rings. The van der Waals surface area contributed by atoms with Crippen molar-refractivity contribution < 1.29 is 18.1 Å². The molecule has 2 aromatic carbocycles. The van der Waals surface area contributed by atoms with Crippen LogP contribution in [0.2, 0.25) is 0 Å². The van der Waals surface area contributed by atoms with E-state index in [9.17, 15) is 13.2 Å². The number of nitrogens with two attached hydrogens (primary N) is 1. The molecule has 7 nitrogen and oxygen atoms in total. The van der Waals surface area contributed by atoms with Crippen LogP contribution in [0.25, 0.3) is 0 Å². The molecular formula is C20H29N4O3S+. The summed E-state index contributed by atoms with van der Waals surface area (Å²) in [5.74, 6) is -0.187. The van der Waals surface area contributed by atoms with Crippen LogP contribution in [0.4, 0.5) is 11.4 Å². The monoisotopic (exact) mass is 405 g/mol. The predicted molar refractivity (Wildman–Crippen MR) is 112 cm³/mol. The van der Waals surface area contributed by atoms with Crippen LogP contribution in [0.5, 0.6) is 0 Å². The Morgan fingerprint density at radius 1 is 1.11 bits per heavy atom. The maximum atomic E-state index is 12.6. The molecule has 152 valence electrons. The van der Waals surface area contributed by atoms with E-state index in [4.69, 9.17) is 5.14 Å². The number of hydrogen-bond acceptors (Lipinski definition) is 4. The van der Waals surface area contributed by atoms with Crippen molar-refractivity contribution in [2.75, 3.05) is 36.9 Å². The Bertz CT molecular complexity index is 897. The second kappa shape index (κ2) is 9.68. The Morgan fingerprint density at radius 3 is 2.32 bits per heavy atom. The fourth-order valence-corrected chi connectivity index (χ4v) is 3.65. The van der Waals surface area contributed by atoms with Gasteiger partial charge < -0.3 is 15.1 Å². The topological polar surface area (TPSA) is 96.9 Å². The number of rotatable bonds is 9. The number of amides is 1. The van der Waals surface area contributed by atoms with Crippen LogP contribution < -0.4 is 20.3 Å². The summed E-state index contributed by atoms with van der Waals surface area (Å²) in [6.07, 6.45) is 0. The number of quaternary nitrogens is 1. The van der Waals surface area contributed by atoms with Gasteiger partial charge in [-0.3, -0.25) is 4.79 Å². The highest BCUT2D eigenvalue weighted by Gasteiger charge is 2.18. The number of likely N-dealkylation sites (N-methyl/N-ethyl adjacent to an activating group) is 1. The molecule has 0 spiro atoms. The SMILES string of the molecule is CCN(CC)c1ccc(S(N)(=O)=O)cc1NC(=O)C[NH+](C)Cc1ccccc1. The molecule has 0 aliphatic rings. The van der Waals surface area contributed by atoms with Crippen LogP contribution in [0.15, 0.2) is 53.4 Å². The van der Waals surface area contributed by atoms with Gasteiger partial charge in [-0.05, 0) is 32.0 Å². The van der Waals surface area contributed by atoms with Crippen molar-refractivity contribution in [2.45, 2.75) is 25.3 Å². The fourth-order valence-electron chi connectivity index (χ4n) is 3.11. The zero-order valence-electron chi connectivity index (χ0n) is 16.6. The van der Waals surface area contributed by atoms with E-state index in [1.807, 2.05) is 56.1 Å². The summed E-state index contributed by atoms with van der Waals surface area (Å²) < 4.78 is 23.4. The lowest BCUT2D eigenvalue weighted by Crippen LogP contribution is -3.08. The zero-order chi connectivity index (χ0) is 20.7. The molecule has 0 heterocycles. The van der Waals surface area contributed by atoms with Crippen molar-refractivity contribution in [3.8, 4) is 0 Å². The molecular weight excluding hydrogens is 376 g/mol. The van der Waals surface area contributed by atoms with E-state index < -0.39 is 10.0 Å². The Kier molecular flexibility index (Phi) is 7.56. The molecule has 1 amide bonds. The number of nitrogens with zero attached hydrogens (tertiary/aromatic N) is 1. The van der Waals surface area contributed by atoms with Crippen LogP contribution in [0, 0.1) is 0 Å². The minimum Gasteiger partial charge on any atom is -0.370 e. The Morgan fingerprint density at radius 2 is 1.75 bits per heavy atom. The lowest BCUT2D eigenvalue weighted by molar-refractivity contribution is -0.885. The highest BCUT2D eigenvalue weighted by Crippen LogP contribution is 2.28. The molecule has 0 aromatic heterocycles. The molecule has 1 unspecified atom stereocenters. The van der Waals surface area contributed by atoms with E-state index in [-0.39, 0.29) is 17.3 Å². The third kappa shape index (κ3) is 6.05. The number of sulfonamides is 1. The van der Waals surface area contributed by atoms with Crippen molar-refractivity contribution in [1.29, 1.82) is 0 Å². The first-order chi connectivity index (χ1) is 13.2. The maximum Gasteiger partial charge on any atom is 0.279 e. The van der Waals surface area contributed by atoms with Gasteiger partial charge >= 0.3 is 0 Å². The van der Waals surface area contributed by atoms with Crippen LogP contribution in [0.3, 0.4) is 0 Å². The first-order valence-electron chi connectivity index (χ1n) is 9.31. The molecule has 2 aromatic rings. The number of carbonyl (C=O) groups excluding carboxylic acids is 1. The summed E-state index contributed by atoms with van der Waals surface area (Å²) in [7, 11) is -1.91. The minimum absolute atomic E-state index is 0.0244. The first kappa shape index (κ1) is 21.9. The normalized spacial score (nSPS) is 12.4. The molecule has 2 rings (SSSR count). The maximum absolute atomic E-state index is 12.6. The third-order valence-electron chi connectivity index (χ3n) is 4.49. The summed E-state index contributed by atoms with van der Waals surface area (Å²) in [5, 5.41) is 8.12. The van der Waals surface area contributed by atoms with Gasteiger partial charge in [0.15, 0.2) is 6.54 Å². The van der Waals surface area contributed by atoms with Gasteiger partial charge in [0.05, 0.1) is 23.3 Å². The number of nitrogens with one attached hydrogen (secondary N) is 2. The van der Waals surface area contributed by atoms with Gasteiger partial charge in [-0.25, -0.2) is 13.6 Å². The lowest BCUT2D eigenvalue weighted by atomic mass is 10.2. The second-order valence-corrected chi connectivity index (χ2v) is 8.30. The van der Waals surface area contributed by atoms with E-state index in [2.05, 4.69) is 5.32 Å². The third-order valence-corrected chi connectivity index (χ3v) is 5.40. The highest BCUT2D eigenvalue weighted by molar-refractivity contribution is 7.89. The molecule has 0 bridgehead atoms. The Labute approximate surface area is 167 Å². The minimum atomic E-state index is -3.86. The van der Waals surface area contributed by atoms with Gasteiger partial charge in [-0.1, -0.05) is 30.3 Å². The average Bonchev–Trinajstić information content (AvgIpc) is 2.63. The fraction of sp³-hybridized carbons (Fsp3) is 0.350. The van der Waals surface area contributed by atoms with Gasteiger partial charge in [0.1, 0.15) is 6.54 Å². The van der Waals surface area contributed by atoms with E-state index in [0.29, 0.717) is 12.2 Å². The Hall–Kier alpha value is -2.42. The van der Waals surface area contributed by atoms with E-state index in [1.54, 1.807) is 6.07 Å². The summed E-state index contributed by atoms with van der Waals surface area (Å²) >= 11 is 0. The quantitative estimate of drug-likeness (QED) is 0.576. The molecule has 8 heteroatoms. The smallest absolute Gasteiger partial charge is 0.279 e. The Balaban J connectivity index is 2.18. The molecule has 28 heavy (non-hydrogen) atoms. The summed E-state index contributed by atoms with van der Waals surface area (Å²) in [4.78, 5) is 15.6. The van der Waals surface area contributed by atoms with Crippen LogP contribution in [-0.4, -0.2) is 41.0 Å². The van der Waals surface area contributed by atoms with Crippen molar-refractivity contribution in [3.63, 3.8) is 0 Å². The van der Waals surface area contributed by atoms with Gasteiger partial charge in [-0.15, -0.1) is 0 Å². The summed E-state index contributed by atoms with van der Waals surface area (Å²) in [6.45, 7) is 6.43. The second-order valence-electron chi connectivity index (χ2n) is 6.74. The predicted octanol–water partition coefficient (Wildman–Crippen LogP) is 0.834. The van der Waals surface area contributed by atoms with E-state index in [1.165, 1.54) is 12.1 Å². The number of carbonyl (C=O) groups is 1. The molecule has 0 aliphatic carbocycles. The standard InChI is InChI=1S/C20H28N4O3S/c1-4-24(5-2)19-12-11-17(28(21,26)27)13-18(19)22-20(25)15-23(3)14-16-9-7-6-8-10-16/h6-13H,4-5,14-15H2,1-3H3,(H,22,25)(H2,21,26,27)/p+1. The molecule has 4 N–H and O–H groups in total.